The minimum Gasteiger partial charge on any atom is -0.508 e. The third-order valence-electron chi connectivity index (χ3n) is 8.64. The molecular weight excluding hydrogens is 488 g/mol. The van der Waals surface area contributed by atoms with Crippen LogP contribution in [0.2, 0.25) is 0 Å². The molecule has 0 fully saturated rings. The lowest BCUT2D eigenvalue weighted by Gasteiger charge is -2.37. The summed E-state index contributed by atoms with van der Waals surface area (Å²) in [4.78, 5) is 26.8. The van der Waals surface area contributed by atoms with E-state index in [0.29, 0.717) is 38.2 Å². The van der Waals surface area contributed by atoms with Crippen LogP contribution in [0.15, 0.2) is 33.9 Å². The summed E-state index contributed by atoms with van der Waals surface area (Å²) < 4.78 is 0. The number of aryl methyl sites for hydroxylation is 1. The quantitative estimate of drug-likeness (QED) is 0.126. The number of aliphatic hydroxyl groups excluding tert-OH is 1. The van der Waals surface area contributed by atoms with Crippen LogP contribution in [0, 0.1) is 12.8 Å². The predicted octanol–water partition coefficient (Wildman–Crippen LogP) is 4.88. The largest absolute Gasteiger partial charge is 0.508 e. The van der Waals surface area contributed by atoms with Gasteiger partial charge in [0.15, 0.2) is 10.9 Å². The standard InChI is InChI=1S/C30H18O8/c1-7-3-9(31)19-23-15(7)17-11(33)5-13(35)21-25(17)28-24-16(8(2)4-10(32)20(24)30(21)38)18-12(34)6-14(36)22(29(19)37)26(18)27(23)28/h3-7,15,31,33,35-38H,1-2H3. The second-order valence-electron chi connectivity index (χ2n) is 10.5. The summed E-state index contributed by atoms with van der Waals surface area (Å²) in [6, 6.07) is 3.41. The second kappa shape index (κ2) is 6.11. The highest BCUT2D eigenvalue weighted by molar-refractivity contribution is 6.43. The number of aromatic hydroxyl groups is 5. The highest BCUT2D eigenvalue weighted by Gasteiger charge is 2.42. The normalized spacial score (nSPS) is 18.2. The molecule has 0 spiro atoms. The second-order valence-corrected chi connectivity index (χ2v) is 10.5. The maximum atomic E-state index is 13.5. The molecule has 0 heterocycles. The molecule has 6 aromatic rings. The van der Waals surface area contributed by atoms with Crippen LogP contribution in [-0.4, -0.2) is 30.6 Å². The molecular formula is C30H18O8. The van der Waals surface area contributed by atoms with Gasteiger partial charge in [0.1, 0.15) is 34.5 Å². The Balaban J connectivity index is 1.95. The zero-order chi connectivity index (χ0) is 26.7. The summed E-state index contributed by atoms with van der Waals surface area (Å²) in [6.45, 7) is 3.48. The first-order chi connectivity index (χ1) is 18.0. The predicted molar refractivity (Wildman–Crippen MR) is 144 cm³/mol. The van der Waals surface area contributed by atoms with Crippen molar-refractivity contribution in [2.75, 3.05) is 0 Å². The van der Waals surface area contributed by atoms with Crippen molar-refractivity contribution >= 4 is 59.6 Å². The molecule has 2 aliphatic carbocycles. The van der Waals surface area contributed by atoms with Gasteiger partial charge in [-0.25, -0.2) is 0 Å². The van der Waals surface area contributed by atoms with Gasteiger partial charge in [-0.2, -0.15) is 0 Å². The molecule has 8 nitrogen and oxygen atoms in total. The Morgan fingerprint density at radius 2 is 1.16 bits per heavy atom. The van der Waals surface area contributed by atoms with Gasteiger partial charge >= 0.3 is 0 Å². The molecule has 0 aliphatic heterocycles. The molecule has 38 heavy (non-hydrogen) atoms. The maximum Gasteiger partial charge on any atom is 0.190 e. The van der Waals surface area contributed by atoms with Crippen molar-refractivity contribution in [1.29, 1.82) is 0 Å². The average Bonchev–Trinajstić information content (AvgIpc) is 2.82. The molecule has 6 aromatic carbocycles. The van der Waals surface area contributed by atoms with Crippen LogP contribution >= 0.6 is 0 Å². The van der Waals surface area contributed by atoms with E-state index in [1.54, 1.807) is 6.92 Å². The first-order valence-electron chi connectivity index (χ1n) is 12.1. The number of fused-ring (bicyclic) bond motifs is 2. The first kappa shape index (κ1) is 21.1. The number of allylic oxidation sites excluding steroid dienone is 1. The van der Waals surface area contributed by atoms with E-state index in [9.17, 15) is 40.2 Å². The van der Waals surface area contributed by atoms with Crippen molar-refractivity contribution in [3.05, 3.63) is 67.0 Å². The molecule has 2 unspecified atom stereocenters. The van der Waals surface area contributed by atoms with Gasteiger partial charge in [-0.15, -0.1) is 0 Å². The van der Waals surface area contributed by atoms with Gasteiger partial charge in [-0.05, 0) is 52.3 Å². The van der Waals surface area contributed by atoms with E-state index in [1.165, 1.54) is 12.1 Å². The fourth-order valence-electron chi connectivity index (χ4n) is 7.40. The molecule has 8 rings (SSSR count). The number of benzene rings is 6. The SMILES string of the molecule is Cc1cc(=O)c2c(O)c3c(O)cc(O)c4c3c3c5c6c(c(O)c7c(O)cc(=O)c(c1c23)c75)C(O)=CC(C)C46. The summed E-state index contributed by atoms with van der Waals surface area (Å²) in [5.41, 5.74) is 0.260. The van der Waals surface area contributed by atoms with Crippen molar-refractivity contribution < 1.29 is 30.6 Å². The van der Waals surface area contributed by atoms with Crippen LogP contribution in [0.4, 0.5) is 0 Å². The smallest absolute Gasteiger partial charge is 0.190 e. The van der Waals surface area contributed by atoms with Crippen molar-refractivity contribution in [3.63, 3.8) is 0 Å². The summed E-state index contributed by atoms with van der Waals surface area (Å²) in [7, 11) is 0. The Kier molecular flexibility index (Phi) is 3.40. The molecule has 186 valence electrons. The Labute approximate surface area is 211 Å². The maximum absolute atomic E-state index is 13.5. The van der Waals surface area contributed by atoms with E-state index >= 15 is 0 Å². The van der Waals surface area contributed by atoms with Crippen molar-refractivity contribution in [2.45, 2.75) is 19.8 Å². The fourth-order valence-corrected chi connectivity index (χ4v) is 7.40. The van der Waals surface area contributed by atoms with Gasteiger partial charge in [0.2, 0.25) is 0 Å². The highest BCUT2D eigenvalue weighted by Crippen LogP contribution is 2.62. The summed E-state index contributed by atoms with van der Waals surface area (Å²) in [5, 5.41) is 69.1. The van der Waals surface area contributed by atoms with Crippen LogP contribution in [0.1, 0.15) is 35.1 Å². The summed E-state index contributed by atoms with van der Waals surface area (Å²) >= 11 is 0. The number of rotatable bonds is 0. The molecule has 2 aliphatic rings. The van der Waals surface area contributed by atoms with Crippen molar-refractivity contribution in [2.24, 2.45) is 5.92 Å². The van der Waals surface area contributed by atoms with Crippen molar-refractivity contribution in [3.8, 4) is 28.7 Å². The minimum atomic E-state index is -0.651. The lowest BCUT2D eigenvalue weighted by atomic mass is 9.66. The van der Waals surface area contributed by atoms with Crippen LogP contribution < -0.4 is 10.9 Å². The number of hydrogen-bond acceptors (Lipinski definition) is 8. The topological polar surface area (TPSA) is 156 Å². The third-order valence-corrected chi connectivity index (χ3v) is 8.64. The van der Waals surface area contributed by atoms with Crippen molar-refractivity contribution in [1.82, 2.24) is 0 Å². The van der Waals surface area contributed by atoms with Gasteiger partial charge in [-0.1, -0.05) is 6.92 Å². The van der Waals surface area contributed by atoms with E-state index in [-0.39, 0.29) is 49.4 Å². The Morgan fingerprint density at radius 1 is 0.579 bits per heavy atom. The van der Waals surface area contributed by atoms with Crippen LogP contribution in [0.25, 0.3) is 59.6 Å². The molecule has 0 saturated carbocycles. The number of aliphatic hydroxyl groups is 1. The van der Waals surface area contributed by atoms with E-state index in [4.69, 9.17) is 0 Å². The first-order valence-corrected chi connectivity index (χ1v) is 12.1. The van der Waals surface area contributed by atoms with Gasteiger partial charge in [-0.3, -0.25) is 9.59 Å². The minimum absolute atomic E-state index is 0.0162. The fraction of sp³-hybridized carbons (Fsp3) is 0.133. The number of hydrogen-bond donors (Lipinski definition) is 6. The number of phenols is 5. The molecule has 0 amide bonds. The third kappa shape index (κ3) is 1.97. The van der Waals surface area contributed by atoms with E-state index in [1.807, 2.05) is 6.92 Å². The Hall–Kier alpha value is -4.98. The summed E-state index contributed by atoms with van der Waals surface area (Å²) in [6.07, 6.45) is 1.53. The monoisotopic (exact) mass is 506 g/mol. The highest BCUT2D eigenvalue weighted by atomic mass is 16.3. The van der Waals surface area contributed by atoms with E-state index in [0.717, 1.165) is 12.1 Å². The number of phenolic OH excluding ortho intramolecular Hbond substituents is 5. The molecule has 0 saturated heterocycles. The molecule has 0 bridgehead atoms. The molecule has 0 aromatic heterocycles. The lowest BCUT2D eigenvalue weighted by Crippen LogP contribution is -2.21. The van der Waals surface area contributed by atoms with Gasteiger partial charge in [0.05, 0.1) is 21.7 Å². The van der Waals surface area contributed by atoms with Gasteiger partial charge < -0.3 is 30.6 Å². The van der Waals surface area contributed by atoms with Crippen LogP contribution in [0.3, 0.4) is 0 Å². The zero-order valence-electron chi connectivity index (χ0n) is 20.0. The summed E-state index contributed by atoms with van der Waals surface area (Å²) in [5.74, 6) is -3.30. The Morgan fingerprint density at radius 3 is 1.89 bits per heavy atom. The molecule has 8 heteroatoms. The molecule has 6 N–H and O–H groups in total. The Bertz CT molecular complexity index is 2320. The average molecular weight is 506 g/mol. The van der Waals surface area contributed by atoms with E-state index in [2.05, 4.69) is 0 Å². The molecule has 0 radical (unpaired) electrons. The molecule has 2 atom stereocenters. The van der Waals surface area contributed by atoms with Crippen LogP contribution in [0.5, 0.6) is 28.7 Å². The zero-order valence-corrected chi connectivity index (χ0v) is 20.0. The lowest BCUT2D eigenvalue weighted by molar-refractivity contribution is 0.432. The van der Waals surface area contributed by atoms with E-state index < -0.39 is 45.7 Å². The van der Waals surface area contributed by atoms with Gasteiger partial charge in [0.25, 0.3) is 0 Å². The van der Waals surface area contributed by atoms with Gasteiger partial charge in [0, 0.05) is 45.2 Å². The van der Waals surface area contributed by atoms with Crippen LogP contribution in [-0.2, 0) is 0 Å².